The van der Waals surface area contributed by atoms with Gasteiger partial charge in [0.2, 0.25) is 5.13 Å². The van der Waals surface area contributed by atoms with Crippen LogP contribution in [-0.2, 0) is 0 Å². The van der Waals surface area contributed by atoms with Crippen LogP contribution in [-0.4, -0.2) is 11.2 Å². The molecule has 0 spiro atoms. The molecule has 0 N–H and O–H groups in total. The normalized spacial score (nSPS) is 11.5. The van der Waals surface area contributed by atoms with Crippen molar-refractivity contribution in [2.45, 2.75) is 0 Å². The third-order valence-electron chi connectivity index (χ3n) is 2.59. The molecule has 0 saturated carbocycles. The van der Waals surface area contributed by atoms with Gasteiger partial charge in [-0.2, -0.15) is 0 Å². The summed E-state index contributed by atoms with van der Waals surface area (Å²) < 4.78 is 1.11. The highest BCUT2D eigenvalue weighted by atomic mass is 35.5. The standard InChI is InChI=1S/C14H8Cl2N2S/c15-10-4-3-5-11(16)9(10)8-17-14-18-12-6-1-2-7-13(12)19-14/h1-8H/b17-8+. The Morgan fingerprint density at radius 2 is 1.74 bits per heavy atom. The van der Waals surface area contributed by atoms with E-state index in [1.54, 1.807) is 24.4 Å². The first-order valence-corrected chi connectivity index (χ1v) is 7.15. The highest BCUT2D eigenvalue weighted by Gasteiger charge is 2.04. The third-order valence-corrected chi connectivity index (χ3v) is 4.19. The summed E-state index contributed by atoms with van der Waals surface area (Å²) in [6.07, 6.45) is 1.66. The molecule has 0 fully saturated rings. The van der Waals surface area contributed by atoms with Gasteiger partial charge >= 0.3 is 0 Å². The lowest BCUT2D eigenvalue weighted by Gasteiger charge is -1.98. The summed E-state index contributed by atoms with van der Waals surface area (Å²) in [4.78, 5) is 8.77. The predicted octanol–water partition coefficient (Wildman–Crippen LogP) is 5.35. The summed E-state index contributed by atoms with van der Waals surface area (Å²) in [6, 6.07) is 13.3. The fourth-order valence-corrected chi connectivity index (χ4v) is 2.98. The minimum Gasteiger partial charge on any atom is -0.227 e. The SMILES string of the molecule is Clc1cccc(Cl)c1/C=N/c1nc2ccccc2s1. The molecule has 3 aromatic rings. The van der Waals surface area contributed by atoms with Gasteiger partial charge in [0.15, 0.2) is 0 Å². The predicted molar refractivity (Wildman–Crippen MR) is 83.3 cm³/mol. The zero-order valence-electron chi connectivity index (χ0n) is 9.68. The highest BCUT2D eigenvalue weighted by molar-refractivity contribution is 7.22. The largest absolute Gasteiger partial charge is 0.227 e. The van der Waals surface area contributed by atoms with Crippen LogP contribution >= 0.6 is 34.5 Å². The molecule has 1 aromatic heterocycles. The van der Waals surface area contributed by atoms with E-state index in [0.717, 1.165) is 10.2 Å². The second-order valence-corrected chi connectivity index (χ2v) is 5.68. The number of aliphatic imine (C=N–C) groups is 1. The van der Waals surface area contributed by atoms with Crippen LogP contribution in [0.25, 0.3) is 10.2 Å². The number of para-hydroxylation sites is 1. The van der Waals surface area contributed by atoms with E-state index in [0.29, 0.717) is 20.7 Å². The Labute approximate surface area is 124 Å². The Morgan fingerprint density at radius 1 is 1.00 bits per heavy atom. The number of hydrogen-bond acceptors (Lipinski definition) is 3. The van der Waals surface area contributed by atoms with Crippen LogP contribution in [0, 0.1) is 0 Å². The molecule has 94 valence electrons. The first-order valence-electron chi connectivity index (χ1n) is 5.58. The molecule has 0 aliphatic heterocycles. The number of nitrogens with zero attached hydrogens (tertiary/aromatic N) is 2. The molecule has 3 rings (SSSR count). The van der Waals surface area contributed by atoms with E-state index in [9.17, 15) is 0 Å². The van der Waals surface area contributed by atoms with Crippen molar-refractivity contribution >= 4 is 56.1 Å². The van der Waals surface area contributed by atoms with E-state index in [-0.39, 0.29) is 0 Å². The van der Waals surface area contributed by atoms with Gasteiger partial charge < -0.3 is 0 Å². The van der Waals surface area contributed by atoms with Crippen molar-refractivity contribution in [2.24, 2.45) is 4.99 Å². The number of fused-ring (bicyclic) bond motifs is 1. The molecule has 0 radical (unpaired) electrons. The Balaban J connectivity index is 1.98. The lowest BCUT2D eigenvalue weighted by atomic mass is 10.2. The topological polar surface area (TPSA) is 25.2 Å². The van der Waals surface area contributed by atoms with Gasteiger partial charge in [0.1, 0.15) is 0 Å². The molecular weight excluding hydrogens is 299 g/mol. The van der Waals surface area contributed by atoms with E-state index >= 15 is 0 Å². The highest BCUT2D eigenvalue weighted by Crippen LogP contribution is 2.28. The maximum Gasteiger partial charge on any atom is 0.210 e. The maximum absolute atomic E-state index is 6.08. The summed E-state index contributed by atoms with van der Waals surface area (Å²) in [7, 11) is 0. The molecule has 5 heteroatoms. The van der Waals surface area contributed by atoms with E-state index in [2.05, 4.69) is 9.98 Å². The number of benzene rings is 2. The second kappa shape index (κ2) is 5.29. The van der Waals surface area contributed by atoms with Gasteiger partial charge in [-0.1, -0.05) is 52.7 Å². The van der Waals surface area contributed by atoms with Crippen LogP contribution in [0.3, 0.4) is 0 Å². The second-order valence-electron chi connectivity index (χ2n) is 3.86. The molecule has 0 aliphatic carbocycles. The van der Waals surface area contributed by atoms with Crippen LogP contribution in [0.5, 0.6) is 0 Å². The van der Waals surface area contributed by atoms with E-state index in [1.807, 2.05) is 24.3 Å². The molecule has 0 amide bonds. The Bertz CT molecular complexity index is 712. The van der Waals surface area contributed by atoms with E-state index < -0.39 is 0 Å². The van der Waals surface area contributed by atoms with Gasteiger partial charge in [-0.3, -0.25) is 0 Å². The Morgan fingerprint density at radius 3 is 2.47 bits per heavy atom. The summed E-state index contributed by atoms with van der Waals surface area (Å²) in [5, 5.41) is 1.85. The van der Waals surface area contributed by atoms with Crippen LogP contribution in [0.2, 0.25) is 10.0 Å². The van der Waals surface area contributed by atoms with Crippen LogP contribution in [0.4, 0.5) is 5.13 Å². The molecular formula is C14H8Cl2N2S. The van der Waals surface area contributed by atoms with Crippen molar-refractivity contribution in [3.8, 4) is 0 Å². The molecule has 0 unspecified atom stereocenters. The third kappa shape index (κ3) is 2.63. The lowest BCUT2D eigenvalue weighted by Crippen LogP contribution is -1.84. The van der Waals surface area contributed by atoms with Crippen LogP contribution in [0.1, 0.15) is 5.56 Å². The van der Waals surface area contributed by atoms with Gasteiger partial charge in [-0.25, -0.2) is 9.98 Å². The van der Waals surface area contributed by atoms with Crippen molar-refractivity contribution in [2.75, 3.05) is 0 Å². The summed E-state index contributed by atoms with van der Waals surface area (Å²) in [6.45, 7) is 0. The van der Waals surface area contributed by atoms with Crippen LogP contribution < -0.4 is 0 Å². The Hall–Kier alpha value is -1.42. The van der Waals surface area contributed by atoms with Crippen molar-refractivity contribution < 1.29 is 0 Å². The van der Waals surface area contributed by atoms with Crippen molar-refractivity contribution in [1.82, 2.24) is 4.98 Å². The average Bonchev–Trinajstić information content (AvgIpc) is 2.81. The van der Waals surface area contributed by atoms with Gasteiger partial charge in [0.05, 0.1) is 20.3 Å². The summed E-state index contributed by atoms with van der Waals surface area (Å²) in [5.41, 5.74) is 1.66. The smallest absolute Gasteiger partial charge is 0.210 e. The lowest BCUT2D eigenvalue weighted by molar-refractivity contribution is 1.41. The van der Waals surface area contributed by atoms with E-state index in [1.165, 1.54) is 11.3 Å². The zero-order chi connectivity index (χ0) is 13.2. The summed E-state index contributed by atoms with van der Waals surface area (Å²) >= 11 is 13.7. The van der Waals surface area contributed by atoms with Gasteiger partial charge in [0, 0.05) is 11.8 Å². The fraction of sp³-hybridized carbons (Fsp3) is 0. The minimum absolute atomic E-state index is 0.581. The van der Waals surface area contributed by atoms with E-state index in [4.69, 9.17) is 23.2 Å². The maximum atomic E-state index is 6.08. The first kappa shape index (κ1) is 12.6. The number of hydrogen-bond donors (Lipinski definition) is 0. The van der Waals surface area contributed by atoms with Crippen LogP contribution in [0.15, 0.2) is 47.5 Å². The molecule has 0 bridgehead atoms. The number of aromatic nitrogens is 1. The first-order chi connectivity index (χ1) is 9.24. The fourth-order valence-electron chi connectivity index (χ4n) is 1.67. The number of thiazole rings is 1. The van der Waals surface area contributed by atoms with Gasteiger partial charge in [0.25, 0.3) is 0 Å². The van der Waals surface area contributed by atoms with Crippen molar-refractivity contribution in [1.29, 1.82) is 0 Å². The quantitative estimate of drug-likeness (QED) is 0.586. The molecule has 19 heavy (non-hydrogen) atoms. The molecule has 1 heterocycles. The zero-order valence-corrected chi connectivity index (χ0v) is 12.0. The van der Waals surface area contributed by atoms with Crippen molar-refractivity contribution in [3.05, 3.63) is 58.1 Å². The monoisotopic (exact) mass is 306 g/mol. The Kier molecular flexibility index (Phi) is 3.51. The molecule has 0 atom stereocenters. The molecule has 0 saturated heterocycles. The molecule has 2 aromatic carbocycles. The van der Waals surface area contributed by atoms with Gasteiger partial charge in [-0.05, 0) is 24.3 Å². The van der Waals surface area contributed by atoms with Crippen molar-refractivity contribution in [3.63, 3.8) is 0 Å². The number of halogens is 2. The number of rotatable bonds is 2. The minimum atomic E-state index is 0.581. The van der Waals surface area contributed by atoms with Gasteiger partial charge in [-0.15, -0.1) is 0 Å². The molecule has 0 aliphatic rings. The summed E-state index contributed by atoms with van der Waals surface area (Å²) in [5.74, 6) is 0. The molecule has 2 nitrogen and oxygen atoms in total. The average molecular weight is 307 g/mol.